The molecule has 2 aromatic rings. The van der Waals surface area contributed by atoms with Gasteiger partial charge < -0.3 is 25.4 Å². The van der Waals surface area contributed by atoms with Crippen LogP contribution in [-0.4, -0.2) is 37.2 Å². The van der Waals surface area contributed by atoms with Gasteiger partial charge in [-0.05, 0) is 62.6 Å². The van der Waals surface area contributed by atoms with E-state index in [0.29, 0.717) is 25.1 Å². The number of alkyl carbamates (subject to hydrolysis) is 1. The first kappa shape index (κ1) is 24.7. The lowest BCUT2D eigenvalue weighted by Gasteiger charge is -2.19. The summed E-state index contributed by atoms with van der Waals surface area (Å²) in [7, 11) is 1.61. The molecule has 32 heavy (non-hydrogen) atoms. The fraction of sp³-hybridized carbons (Fsp3) is 0.375. The molecule has 0 aliphatic rings. The minimum absolute atomic E-state index is 0.0431. The van der Waals surface area contributed by atoms with E-state index < -0.39 is 11.7 Å². The summed E-state index contributed by atoms with van der Waals surface area (Å²) in [5.74, 6) is 0.364. The van der Waals surface area contributed by atoms with Gasteiger partial charge in [0.2, 0.25) is 11.8 Å². The maximum Gasteiger partial charge on any atom is 0.408 e. The molecule has 3 amide bonds. The molecule has 0 fully saturated rings. The molecule has 0 unspecified atom stereocenters. The molecule has 0 aliphatic carbocycles. The molecule has 3 N–H and O–H groups in total. The molecule has 172 valence electrons. The highest BCUT2D eigenvalue weighted by molar-refractivity contribution is 5.93. The van der Waals surface area contributed by atoms with Crippen LogP contribution in [0.3, 0.4) is 0 Å². The summed E-state index contributed by atoms with van der Waals surface area (Å²) >= 11 is 0. The van der Waals surface area contributed by atoms with E-state index in [1.54, 1.807) is 40.0 Å². The third-order valence-electron chi connectivity index (χ3n) is 4.29. The highest BCUT2D eigenvalue weighted by atomic mass is 16.6. The van der Waals surface area contributed by atoms with Crippen molar-refractivity contribution in [2.45, 2.75) is 45.8 Å². The Balaban J connectivity index is 1.71. The monoisotopic (exact) mass is 441 g/mol. The lowest BCUT2D eigenvalue weighted by Crippen LogP contribution is -2.37. The molecule has 2 rings (SSSR count). The molecule has 0 aromatic heterocycles. The first-order valence-electron chi connectivity index (χ1n) is 10.4. The SMILES string of the molecule is COc1cccc(CCC(=O)NCc2ccc(NC(=O)CNC(=O)OC(C)(C)C)cc2)c1. The Morgan fingerprint density at radius 2 is 1.62 bits per heavy atom. The first-order chi connectivity index (χ1) is 15.1. The highest BCUT2D eigenvalue weighted by Gasteiger charge is 2.16. The van der Waals surface area contributed by atoms with Crippen molar-refractivity contribution in [2.75, 3.05) is 19.0 Å². The van der Waals surface area contributed by atoms with Gasteiger partial charge in [-0.15, -0.1) is 0 Å². The summed E-state index contributed by atoms with van der Waals surface area (Å²) in [5, 5.41) is 7.99. The molecule has 0 radical (unpaired) electrons. The Labute approximate surface area is 188 Å². The van der Waals surface area contributed by atoms with Gasteiger partial charge in [0.1, 0.15) is 17.9 Å². The molecular formula is C24H31N3O5. The number of rotatable bonds is 9. The van der Waals surface area contributed by atoms with Crippen molar-refractivity contribution in [1.29, 1.82) is 0 Å². The number of methoxy groups -OCH3 is 1. The van der Waals surface area contributed by atoms with Gasteiger partial charge in [-0.25, -0.2) is 4.79 Å². The zero-order valence-corrected chi connectivity index (χ0v) is 19.0. The third-order valence-corrected chi connectivity index (χ3v) is 4.29. The van der Waals surface area contributed by atoms with Crippen LogP contribution in [0, 0.1) is 0 Å². The number of carbonyl (C=O) groups is 3. The van der Waals surface area contributed by atoms with Crippen molar-refractivity contribution in [3.63, 3.8) is 0 Å². The molecule has 0 saturated carbocycles. The molecule has 8 nitrogen and oxygen atoms in total. The zero-order valence-electron chi connectivity index (χ0n) is 19.0. The van der Waals surface area contributed by atoms with Gasteiger partial charge in [0.05, 0.1) is 7.11 Å². The number of ether oxygens (including phenoxy) is 2. The van der Waals surface area contributed by atoms with Crippen molar-refractivity contribution in [1.82, 2.24) is 10.6 Å². The molecule has 8 heteroatoms. The summed E-state index contributed by atoms with van der Waals surface area (Å²) in [4.78, 5) is 35.7. The summed E-state index contributed by atoms with van der Waals surface area (Å²) in [6, 6.07) is 14.8. The molecular weight excluding hydrogens is 410 g/mol. The molecule has 0 saturated heterocycles. The van der Waals surface area contributed by atoms with Crippen LogP contribution in [0.4, 0.5) is 10.5 Å². The van der Waals surface area contributed by atoms with Gasteiger partial charge in [0.15, 0.2) is 0 Å². The van der Waals surface area contributed by atoms with E-state index in [2.05, 4.69) is 16.0 Å². The first-order valence-corrected chi connectivity index (χ1v) is 10.4. The molecule has 0 atom stereocenters. The smallest absolute Gasteiger partial charge is 0.408 e. The van der Waals surface area contributed by atoms with Gasteiger partial charge in [0, 0.05) is 18.7 Å². The predicted molar refractivity (Wildman–Crippen MR) is 122 cm³/mol. The largest absolute Gasteiger partial charge is 0.497 e. The number of hydrogen-bond acceptors (Lipinski definition) is 5. The average molecular weight is 442 g/mol. The number of nitrogens with one attached hydrogen (secondary N) is 3. The zero-order chi connectivity index (χ0) is 23.6. The number of carbonyl (C=O) groups excluding carboxylic acids is 3. The Kier molecular flexibility index (Phi) is 9.07. The van der Waals surface area contributed by atoms with Gasteiger partial charge in [0.25, 0.3) is 0 Å². The second-order valence-corrected chi connectivity index (χ2v) is 8.23. The standard InChI is InChI=1S/C24H31N3O5/c1-24(2,3)32-23(30)26-16-22(29)27-19-11-8-18(9-12-19)15-25-21(28)13-10-17-6-5-7-20(14-17)31-4/h5-9,11-12,14H,10,13,15-16H2,1-4H3,(H,25,28)(H,26,30)(H,27,29). The summed E-state index contributed by atoms with van der Waals surface area (Å²) < 4.78 is 10.3. The maximum absolute atomic E-state index is 12.1. The van der Waals surface area contributed by atoms with Crippen molar-refractivity contribution < 1.29 is 23.9 Å². The van der Waals surface area contributed by atoms with Gasteiger partial charge in [-0.2, -0.15) is 0 Å². The van der Waals surface area contributed by atoms with Crippen molar-refractivity contribution >= 4 is 23.6 Å². The maximum atomic E-state index is 12.1. The molecule has 0 aliphatic heterocycles. The molecule has 0 spiro atoms. The fourth-order valence-electron chi connectivity index (χ4n) is 2.75. The van der Waals surface area contributed by atoms with Crippen molar-refractivity contribution in [2.24, 2.45) is 0 Å². The second-order valence-electron chi connectivity index (χ2n) is 8.23. The molecule has 0 heterocycles. The van der Waals surface area contributed by atoms with Gasteiger partial charge in [-0.3, -0.25) is 9.59 Å². The van der Waals surface area contributed by atoms with Gasteiger partial charge in [-0.1, -0.05) is 24.3 Å². The van der Waals surface area contributed by atoms with E-state index in [4.69, 9.17) is 9.47 Å². The van der Waals surface area contributed by atoms with Crippen LogP contribution in [0.25, 0.3) is 0 Å². The Morgan fingerprint density at radius 3 is 2.28 bits per heavy atom. The van der Waals surface area contributed by atoms with Crippen LogP contribution >= 0.6 is 0 Å². The topological polar surface area (TPSA) is 106 Å². The van der Waals surface area contributed by atoms with Crippen LogP contribution < -0.4 is 20.7 Å². The van der Waals surface area contributed by atoms with Crippen LogP contribution in [0.15, 0.2) is 48.5 Å². The van der Waals surface area contributed by atoms with E-state index in [9.17, 15) is 14.4 Å². The van der Waals surface area contributed by atoms with E-state index >= 15 is 0 Å². The van der Waals surface area contributed by atoms with E-state index in [1.165, 1.54) is 0 Å². The third kappa shape index (κ3) is 9.51. The molecule has 2 aromatic carbocycles. The van der Waals surface area contributed by atoms with Crippen LogP contribution in [0.1, 0.15) is 38.3 Å². The van der Waals surface area contributed by atoms with Gasteiger partial charge >= 0.3 is 6.09 Å². The normalized spacial score (nSPS) is 10.8. The summed E-state index contributed by atoms with van der Waals surface area (Å²) in [6.45, 7) is 5.44. The fourth-order valence-corrected chi connectivity index (χ4v) is 2.75. The predicted octanol–water partition coefficient (Wildman–Crippen LogP) is 3.41. The van der Waals surface area contributed by atoms with Crippen LogP contribution in [-0.2, 0) is 27.3 Å². The van der Waals surface area contributed by atoms with Crippen LogP contribution in [0.2, 0.25) is 0 Å². The van der Waals surface area contributed by atoms with Crippen molar-refractivity contribution in [3.05, 3.63) is 59.7 Å². The lowest BCUT2D eigenvalue weighted by atomic mass is 10.1. The minimum atomic E-state index is -0.648. The Morgan fingerprint density at radius 1 is 0.906 bits per heavy atom. The van der Waals surface area contributed by atoms with Crippen molar-refractivity contribution in [3.8, 4) is 5.75 Å². The summed E-state index contributed by atoms with van der Waals surface area (Å²) in [6.07, 6.45) is 0.363. The Hall–Kier alpha value is -3.55. The number of benzene rings is 2. The number of aryl methyl sites for hydroxylation is 1. The van der Waals surface area contributed by atoms with Crippen LogP contribution in [0.5, 0.6) is 5.75 Å². The Bertz CT molecular complexity index is 920. The minimum Gasteiger partial charge on any atom is -0.497 e. The number of hydrogen-bond donors (Lipinski definition) is 3. The second kappa shape index (κ2) is 11.7. The lowest BCUT2D eigenvalue weighted by molar-refractivity contribution is -0.121. The quantitative estimate of drug-likeness (QED) is 0.553. The highest BCUT2D eigenvalue weighted by Crippen LogP contribution is 2.14. The van der Waals surface area contributed by atoms with E-state index in [-0.39, 0.29) is 18.4 Å². The number of anilines is 1. The molecule has 0 bridgehead atoms. The number of amides is 3. The van der Waals surface area contributed by atoms with E-state index in [0.717, 1.165) is 16.9 Å². The summed E-state index contributed by atoms with van der Waals surface area (Å²) in [5.41, 5.74) is 1.92. The van der Waals surface area contributed by atoms with E-state index in [1.807, 2.05) is 36.4 Å². The average Bonchev–Trinajstić information content (AvgIpc) is 2.75.